The molecule has 3 N–H and O–H groups in total. The highest BCUT2D eigenvalue weighted by atomic mass is 16.5. The van der Waals surface area contributed by atoms with Gasteiger partial charge in [-0.05, 0) is 37.5 Å². The zero-order chi connectivity index (χ0) is 19.2. The molecule has 2 amide bonds. The van der Waals surface area contributed by atoms with Gasteiger partial charge in [-0.15, -0.1) is 0 Å². The molecule has 1 aromatic carbocycles. The van der Waals surface area contributed by atoms with Crippen molar-refractivity contribution in [3.63, 3.8) is 0 Å². The van der Waals surface area contributed by atoms with Crippen molar-refractivity contribution >= 4 is 12.0 Å². The van der Waals surface area contributed by atoms with E-state index in [1.54, 1.807) is 19.1 Å². The van der Waals surface area contributed by atoms with Crippen LogP contribution in [0.25, 0.3) is 0 Å². The minimum absolute atomic E-state index is 0.210. The smallest absolute Gasteiger partial charge is 0.335 e. The van der Waals surface area contributed by atoms with Crippen LogP contribution in [-0.2, 0) is 6.54 Å². The van der Waals surface area contributed by atoms with Gasteiger partial charge in [0.1, 0.15) is 6.04 Å². The summed E-state index contributed by atoms with van der Waals surface area (Å²) in [7, 11) is 0. The van der Waals surface area contributed by atoms with Gasteiger partial charge in [0.2, 0.25) is 5.89 Å². The van der Waals surface area contributed by atoms with Crippen LogP contribution >= 0.6 is 0 Å². The van der Waals surface area contributed by atoms with E-state index in [2.05, 4.69) is 20.8 Å². The second kappa shape index (κ2) is 8.66. The molecule has 1 saturated carbocycles. The van der Waals surface area contributed by atoms with Crippen LogP contribution in [0.2, 0.25) is 0 Å². The maximum atomic E-state index is 12.1. The van der Waals surface area contributed by atoms with Crippen molar-refractivity contribution in [2.24, 2.45) is 0 Å². The van der Waals surface area contributed by atoms with Crippen molar-refractivity contribution in [2.45, 2.75) is 57.5 Å². The minimum Gasteiger partial charge on any atom is -0.478 e. The molecule has 144 valence electrons. The van der Waals surface area contributed by atoms with Crippen LogP contribution in [0, 0.1) is 0 Å². The van der Waals surface area contributed by atoms with Crippen LogP contribution in [0.1, 0.15) is 78.6 Å². The minimum atomic E-state index is -0.978. The van der Waals surface area contributed by atoms with E-state index in [1.165, 1.54) is 31.4 Å². The molecule has 1 aromatic heterocycles. The predicted molar refractivity (Wildman–Crippen MR) is 97.3 cm³/mol. The number of carbonyl (C=O) groups excluding carboxylic acids is 1. The molecule has 3 rings (SSSR count). The Labute approximate surface area is 157 Å². The Morgan fingerprint density at radius 2 is 1.93 bits per heavy atom. The first-order valence-corrected chi connectivity index (χ1v) is 9.23. The van der Waals surface area contributed by atoms with E-state index in [4.69, 9.17) is 9.63 Å². The van der Waals surface area contributed by atoms with Crippen molar-refractivity contribution in [1.82, 2.24) is 20.8 Å². The number of benzene rings is 1. The van der Waals surface area contributed by atoms with Crippen molar-refractivity contribution in [3.8, 4) is 0 Å². The van der Waals surface area contributed by atoms with Gasteiger partial charge in [0.25, 0.3) is 0 Å². The van der Waals surface area contributed by atoms with Gasteiger partial charge >= 0.3 is 12.0 Å². The Kier molecular flexibility index (Phi) is 6.05. The lowest BCUT2D eigenvalue weighted by Gasteiger charge is -2.17. The Balaban J connectivity index is 1.48. The lowest BCUT2D eigenvalue weighted by molar-refractivity contribution is 0.0697. The van der Waals surface area contributed by atoms with Crippen molar-refractivity contribution in [2.75, 3.05) is 0 Å². The third kappa shape index (κ3) is 5.06. The molecular weight excluding hydrogens is 348 g/mol. The number of amides is 2. The number of nitrogens with zero attached hydrogens (tertiary/aromatic N) is 2. The van der Waals surface area contributed by atoms with E-state index in [1.807, 2.05) is 0 Å². The van der Waals surface area contributed by atoms with Gasteiger partial charge in [-0.1, -0.05) is 36.6 Å². The molecule has 0 spiro atoms. The van der Waals surface area contributed by atoms with Crippen LogP contribution in [0.4, 0.5) is 4.79 Å². The highest BCUT2D eigenvalue weighted by Crippen LogP contribution is 2.31. The molecular formula is C19H24N4O4. The van der Waals surface area contributed by atoms with Gasteiger partial charge in [0.05, 0.1) is 5.56 Å². The van der Waals surface area contributed by atoms with Crippen molar-refractivity contribution in [1.29, 1.82) is 0 Å². The van der Waals surface area contributed by atoms with Crippen LogP contribution in [-0.4, -0.2) is 27.2 Å². The number of carboxylic acid groups (broad SMARTS) is 1. The quantitative estimate of drug-likeness (QED) is 0.715. The Bertz CT molecular complexity index is 781. The predicted octanol–water partition coefficient (Wildman–Crippen LogP) is 3.38. The number of urea groups is 1. The van der Waals surface area contributed by atoms with Crippen LogP contribution < -0.4 is 10.6 Å². The molecule has 27 heavy (non-hydrogen) atoms. The number of nitrogens with one attached hydrogen (secondary N) is 2. The number of rotatable bonds is 6. The number of aromatic nitrogens is 2. The lowest BCUT2D eigenvalue weighted by atomic mass is 9.89. The van der Waals surface area contributed by atoms with Gasteiger partial charge in [-0.25, -0.2) is 9.59 Å². The third-order valence-corrected chi connectivity index (χ3v) is 4.80. The fraction of sp³-hybridized carbons (Fsp3) is 0.474. The number of aromatic carboxylic acids is 1. The van der Waals surface area contributed by atoms with Gasteiger partial charge in [-0.2, -0.15) is 4.98 Å². The number of hydrogen-bond donors (Lipinski definition) is 3. The average Bonchev–Trinajstić information content (AvgIpc) is 3.18. The largest absolute Gasteiger partial charge is 0.478 e. The monoisotopic (exact) mass is 372 g/mol. The van der Waals surface area contributed by atoms with E-state index in [0.717, 1.165) is 24.2 Å². The first-order chi connectivity index (χ1) is 13.0. The van der Waals surface area contributed by atoms with Gasteiger partial charge in [0.15, 0.2) is 5.82 Å². The summed E-state index contributed by atoms with van der Waals surface area (Å²) in [5.74, 6) is 0.507. The zero-order valence-corrected chi connectivity index (χ0v) is 15.3. The van der Waals surface area contributed by atoms with E-state index < -0.39 is 12.0 Å². The molecule has 1 fully saturated rings. The standard InChI is InChI=1S/C19H24N4O4/c1-12(17-22-16(23-27-17)14-5-3-2-4-6-14)21-19(26)20-11-13-7-9-15(10-8-13)18(24)25/h7-10,12,14H,2-6,11H2,1H3,(H,24,25)(H2,20,21,26). The average molecular weight is 372 g/mol. The Hall–Kier alpha value is -2.90. The van der Waals surface area contributed by atoms with Crippen molar-refractivity contribution < 1.29 is 19.2 Å². The fourth-order valence-corrected chi connectivity index (χ4v) is 3.21. The molecule has 1 aliphatic rings. The van der Waals surface area contributed by atoms with E-state index in [9.17, 15) is 9.59 Å². The van der Waals surface area contributed by atoms with E-state index in [0.29, 0.717) is 11.8 Å². The first kappa shape index (κ1) is 18.9. The topological polar surface area (TPSA) is 117 Å². The molecule has 1 aliphatic carbocycles. The van der Waals surface area contributed by atoms with Crippen molar-refractivity contribution in [3.05, 3.63) is 47.1 Å². The Morgan fingerprint density at radius 3 is 2.59 bits per heavy atom. The zero-order valence-electron chi connectivity index (χ0n) is 15.3. The van der Waals surface area contributed by atoms with E-state index in [-0.39, 0.29) is 18.1 Å². The summed E-state index contributed by atoms with van der Waals surface area (Å²) in [5.41, 5.74) is 1.02. The van der Waals surface area contributed by atoms with Crippen LogP contribution in [0.5, 0.6) is 0 Å². The Morgan fingerprint density at radius 1 is 1.22 bits per heavy atom. The van der Waals surface area contributed by atoms with Gasteiger partial charge < -0.3 is 20.3 Å². The van der Waals surface area contributed by atoms with Gasteiger partial charge in [0, 0.05) is 12.5 Å². The normalized spacial score (nSPS) is 15.9. The summed E-state index contributed by atoms with van der Waals surface area (Å²) in [6.07, 6.45) is 5.82. The maximum absolute atomic E-state index is 12.1. The number of carboxylic acids is 1. The summed E-state index contributed by atoms with van der Waals surface area (Å²) in [6.45, 7) is 2.08. The summed E-state index contributed by atoms with van der Waals surface area (Å²) < 4.78 is 5.32. The highest BCUT2D eigenvalue weighted by Gasteiger charge is 2.23. The first-order valence-electron chi connectivity index (χ1n) is 9.23. The molecule has 8 nitrogen and oxygen atoms in total. The van der Waals surface area contributed by atoms with Crippen LogP contribution in [0.3, 0.4) is 0 Å². The molecule has 0 radical (unpaired) electrons. The summed E-state index contributed by atoms with van der Waals surface area (Å²) >= 11 is 0. The molecule has 0 saturated heterocycles. The summed E-state index contributed by atoms with van der Waals surface area (Å²) in [4.78, 5) is 27.4. The summed E-state index contributed by atoms with van der Waals surface area (Å²) in [6, 6.07) is 5.59. The molecule has 8 heteroatoms. The SMILES string of the molecule is CC(NC(=O)NCc1ccc(C(=O)O)cc1)c1nc(C2CCCCC2)no1. The third-order valence-electron chi connectivity index (χ3n) is 4.80. The fourth-order valence-electron chi connectivity index (χ4n) is 3.21. The maximum Gasteiger partial charge on any atom is 0.335 e. The highest BCUT2D eigenvalue weighted by molar-refractivity contribution is 5.87. The van der Waals surface area contributed by atoms with Crippen LogP contribution in [0.15, 0.2) is 28.8 Å². The lowest BCUT2D eigenvalue weighted by Crippen LogP contribution is -2.36. The molecule has 2 aromatic rings. The number of hydrogen-bond acceptors (Lipinski definition) is 5. The molecule has 1 unspecified atom stereocenters. The van der Waals surface area contributed by atoms with E-state index >= 15 is 0 Å². The molecule has 0 bridgehead atoms. The molecule has 0 aliphatic heterocycles. The second-order valence-electron chi connectivity index (χ2n) is 6.88. The molecule has 1 heterocycles. The second-order valence-corrected chi connectivity index (χ2v) is 6.88. The van der Waals surface area contributed by atoms with Gasteiger partial charge in [-0.3, -0.25) is 0 Å². The molecule has 1 atom stereocenters. The number of carbonyl (C=O) groups is 2. The summed E-state index contributed by atoms with van der Waals surface area (Å²) in [5, 5.41) is 18.5.